The van der Waals surface area contributed by atoms with Gasteiger partial charge in [0.25, 0.3) is 0 Å². The number of hydrogen-bond acceptors (Lipinski definition) is 3. The van der Waals surface area contributed by atoms with Crippen LogP contribution in [0.4, 0.5) is 5.69 Å². The van der Waals surface area contributed by atoms with Gasteiger partial charge in [0, 0.05) is 28.8 Å². The van der Waals surface area contributed by atoms with E-state index < -0.39 is 0 Å². The highest BCUT2D eigenvalue weighted by molar-refractivity contribution is 9.10. The molecule has 1 aromatic carbocycles. The molecule has 1 atom stereocenters. The van der Waals surface area contributed by atoms with Crippen LogP contribution in [0.2, 0.25) is 0 Å². The molecular formula is C12H16BrNO2. The van der Waals surface area contributed by atoms with Gasteiger partial charge in [-0.15, -0.1) is 0 Å². The van der Waals surface area contributed by atoms with Gasteiger partial charge in [-0.1, -0.05) is 0 Å². The molecule has 0 aromatic heterocycles. The van der Waals surface area contributed by atoms with Gasteiger partial charge in [0.1, 0.15) is 0 Å². The van der Waals surface area contributed by atoms with Gasteiger partial charge in [-0.2, -0.15) is 0 Å². The molecule has 0 fully saturated rings. The van der Waals surface area contributed by atoms with Crippen molar-refractivity contribution in [1.82, 2.24) is 0 Å². The summed E-state index contributed by atoms with van der Waals surface area (Å²) in [4.78, 5) is 13.2. The topological polar surface area (TPSA) is 40.5 Å². The minimum absolute atomic E-state index is 0.0382. The van der Waals surface area contributed by atoms with Crippen molar-refractivity contribution in [1.29, 1.82) is 0 Å². The lowest BCUT2D eigenvalue weighted by atomic mass is 10.1. The summed E-state index contributed by atoms with van der Waals surface area (Å²) in [5, 5.41) is 9.07. The molecule has 0 spiro atoms. The number of carbonyl (C=O) groups is 1. The largest absolute Gasteiger partial charge is 0.394 e. The van der Waals surface area contributed by atoms with E-state index in [1.165, 1.54) is 0 Å². The zero-order valence-electron chi connectivity index (χ0n) is 9.70. The molecule has 1 N–H and O–H groups in total. The fraction of sp³-hybridized carbons (Fsp3) is 0.417. The number of ketones is 1. The summed E-state index contributed by atoms with van der Waals surface area (Å²) in [7, 11) is 1.91. The lowest BCUT2D eigenvalue weighted by Crippen LogP contribution is -2.31. The summed E-state index contributed by atoms with van der Waals surface area (Å²) in [6, 6.07) is 5.62. The van der Waals surface area contributed by atoms with Crippen LogP contribution >= 0.6 is 15.9 Å². The highest BCUT2D eigenvalue weighted by Gasteiger charge is 2.11. The van der Waals surface area contributed by atoms with Crippen molar-refractivity contribution >= 4 is 27.4 Å². The van der Waals surface area contributed by atoms with E-state index in [1.54, 1.807) is 13.0 Å². The lowest BCUT2D eigenvalue weighted by Gasteiger charge is -2.25. The van der Waals surface area contributed by atoms with Crippen LogP contribution in [-0.2, 0) is 0 Å². The fourth-order valence-electron chi connectivity index (χ4n) is 1.39. The molecule has 4 heteroatoms. The predicted octanol–water partition coefficient (Wildman–Crippen LogP) is 2.47. The summed E-state index contributed by atoms with van der Waals surface area (Å²) < 4.78 is 0.787. The molecule has 1 rings (SSSR count). The first-order valence-electron chi connectivity index (χ1n) is 5.11. The Bertz CT molecular complexity index is 393. The fourth-order valence-corrected chi connectivity index (χ4v) is 2.03. The number of aliphatic hydroxyl groups is 1. The first kappa shape index (κ1) is 13.2. The first-order valence-corrected chi connectivity index (χ1v) is 5.90. The Labute approximate surface area is 104 Å². The van der Waals surface area contributed by atoms with E-state index in [0.29, 0.717) is 5.56 Å². The van der Waals surface area contributed by atoms with Crippen LogP contribution < -0.4 is 4.90 Å². The van der Waals surface area contributed by atoms with Crippen LogP contribution in [0.5, 0.6) is 0 Å². The quantitative estimate of drug-likeness (QED) is 0.864. The minimum Gasteiger partial charge on any atom is -0.394 e. The molecule has 0 aliphatic heterocycles. The van der Waals surface area contributed by atoms with Gasteiger partial charge >= 0.3 is 0 Å². The minimum atomic E-state index is 0.0382. The van der Waals surface area contributed by atoms with E-state index in [-0.39, 0.29) is 18.4 Å². The summed E-state index contributed by atoms with van der Waals surface area (Å²) in [5.41, 5.74) is 1.65. The number of aliphatic hydroxyl groups excluding tert-OH is 1. The maximum Gasteiger partial charge on any atom is 0.160 e. The second-order valence-corrected chi connectivity index (χ2v) is 4.72. The molecule has 88 valence electrons. The van der Waals surface area contributed by atoms with Crippen LogP contribution in [0.1, 0.15) is 24.2 Å². The molecule has 0 amide bonds. The Kier molecular flexibility index (Phi) is 4.50. The molecule has 0 saturated carbocycles. The van der Waals surface area contributed by atoms with Crippen molar-refractivity contribution in [2.75, 3.05) is 18.6 Å². The molecule has 0 saturated heterocycles. The van der Waals surface area contributed by atoms with Gasteiger partial charge in [-0.25, -0.2) is 0 Å². The van der Waals surface area contributed by atoms with Crippen LogP contribution in [0.25, 0.3) is 0 Å². The summed E-state index contributed by atoms with van der Waals surface area (Å²) >= 11 is 3.38. The predicted molar refractivity (Wildman–Crippen MR) is 69.1 cm³/mol. The highest BCUT2D eigenvalue weighted by atomic mass is 79.9. The lowest BCUT2D eigenvalue weighted by molar-refractivity contribution is 0.101. The van der Waals surface area contributed by atoms with Gasteiger partial charge in [0.05, 0.1) is 6.61 Å². The number of carbonyl (C=O) groups excluding carboxylic acids is 1. The second-order valence-electron chi connectivity index (χ2n) is 3.86. The SMILES string of the molecule is CC(=O)c1ccc(N(C)C(C)CO)cc1Br. The smallest absolute Gasteiger partial charge is 0.160 e. The standard InChI is InChI=1S/C12H16BrNO2/c1-8(7-15)14(3)10-4-5-11(9(2)16)12(13)6-10/h4-6,8,15H,7H2,1-3H3. The third kappa shape index (κ3) is 2.83. The maximum absolute atomic E-state index is 11.3. The zero-order chi connectivity index (χ0) is 12.3. The van der Waals surface area contributed by atoms with Crippen LogP contribution in [0.15, 0.2) is 22.7 Å². The monoisotopic (exact) mass is 285 g/mol. The third-order valence-corrected chi connectivity index (χ3v) is 3.32. The van der Waals surface area contributed by atoms with E-state index in [0.717, 1.165) is 10.2 Å². The third-order valence-electron chi connectivity index (χ3n) is 2.66. The average molecular weight is 286 g/mol. The van der Waals surface area contributed by atoms with E-state index in [9.17, 15) is 4.79 Å². The molecule has 0 heterocycles. The average Bonchev–Trinajstić information content (AvgIpc) is 2.26. The molecule has 0 bridgehead atoms. The van der Waals surface area contributed by atoms with Crippen molar-refractivity contribution in [3.05, 3.63) is 28.2 Å². The van der Waals surface area contributed by atoms with Crippen molar-refractivity contribution < 1.29 is 9.90 Å². The van der Waals surface area contributed by atoms with Crippen molar-refractivity contribution in [2.24, 2.45) is 0 Å². The Morgan fingerprint density at radius 1 is 1.56 bits per heavy atom. The van der Waals surface area contributed by atoms with Gasteiger partial charge in [-0.05, 0) is 48.0 Å². The Hall–Kier alpha value is -0.870. The number of halogens is 1. The van der Waals surface area contributed by atoms with Gasteiger partial charge in [-0.3, -0.25) is 4.79 Å². The number of anilines is 1. The van der Waals surface area contributed by atoms with Crippen LogP contribution in [-0.4, -0.2) is 30.6 Å². The maximum atomic E-state index is 11.3. The van der Waals surface area contributed by atoms with Crippen molar-refractivity contribution in [3.8, 4) is 0 Å². The summed E-state index contributed by atoms with van der Waals surface area (Å²) in [5.74, 6) is 0.0382. The molecule has 1 unspecified atom stereocenters. The number of likely N-dealkylation sites (N-methyl/N-ethyl adjacent to an activating group) is 1. The molecule has 0 aliphatic carbocycles. The van der Waals surface area contributed by atoms with Gasteiger partial charge in [0.2, 0.25) is 0 Å². The first-order chi connectivity index (χ1) is 7.47. The van der Waals surface area contributed by atoms with E-state index in [2.05, 4.69) is 15.9 Å². The molecule has 1 aromatic rings. The number of hydrogen-bond donors (Lipinski definition) is 1. The van der Waals surface area contributed by atoms with E-state index >= 15 is 0 Å². The molecule has 0 radical (unpaired) electrons. The van der Waals surface area contributed by atoms with Crippen molar-refractivity contribution in [2.45, 2.75) is 19.9 Å². The number of Topliss-reactive ketones (excluding diaryl/α,β-unsaturated/α-hetero) is 1. The summed E-state index contributed by atoms with van der Waals surface area (Å²) in [6.45, 7) is 3.58. The summed E-state index contributed by atoms with van der Waals surface area (Å²) in [6.07, 6.45) is 0. The molecule has 16 heavy (non-hydrogen) atoms. The zero-order valence-corrected chi connectivity index (χ0v) is 11.3. The normalized spacial score (nSPS) is 12.3. The molecule has 3 nitrogen and oxygen atoms in total. The van der Waals surface area contributed by atoms with Crippen molar-refractivity contribution in [3.63, 3.8) is 0 Å². The number of benzene rings is 1. The Morgan fingerprint density at radius 3 is 2.62 bits per heavy atom. The van der Waals surface area contributed by atoms with E-state index in [1.807, 2.05) is 31.0 Å². The highest BCUT2D eigenvalue weighted by Crippen LogP contribution is 2.24. The Balaban J connectivity index is 3.01. The number of nitrogens with zero attached hydrogens (tertiary/aromatic N) is 1. The van der Waals surface area contributed by atoms with Crippen LogP contribution in [0.3, 0.4) is 0 Å². The van der Waals surface area contributed by atoms with E-state index in [4.69, 9.17) is 5.11 Å². The number of rotatable bonds is 4. The van der Waals surface area contributed by atoms with Gasteiger partial charge in [0.15, 0.2) is 5.78 Å². The molecule has 0 aliphatic rings. The molecular weight excluding hydrogens is 270 g/mol. The van der Waals surface area contributed by atoms with Gasteiger partial charge < -0.3 is 10.0 Å². The van der Waals surface area contributed by atoms with Crippen LogP contribution in [0, 0.1) is 0 Å². The second kappa shape index (κ2) is 5.46. The Morgan fingerprint density at radius 2 is 2.19 bits per heavy atom.